The number of nitrogens with two attached hydrogens (primary N) is 1. The zero-order valence-corrected chi connectivity index (χ0v) is 10.1. The molecule has 2 rings (SSSR count). The number of anilines is 1. The molecule has 0 atom stereocenters. The molecule has 0 unspecified atom stereocenters. The Balaban J connectivity index is 2.59. The van der Waals surface area contributed by atoms with E-state index in [-0.39, 0.29) is 0 Å². The third kappa shape index (κ3) is 2.21. The molecule has 0 heterocycles. The average molecular weight is 262 g/mol. The maximum atomic E-state index is 5.83. The summed E-state index contributed by atoms with van der Waals surface area (Å²) in [6, 6.07) is 14.3. The molecule has 2 aromatic carbocycles. The van der Waals surface area contributed by atoms with E-state index >= 15 is 0 Å². The van der Waals surface area contributed by atoms with E-state index in [0.717, 1.165) is 15.7 Å². The summed E-state index contributed by atoms with van der Waals surface area (Å²) in [6.45, 7) is 2.05. The van der Waals surface area contributed by atoms with E-state index < -0.39 is 0 Å². The molecule has 0 amide bonds. The van der Waals surface area contributed by atoms with Crippen LogP contribution in [0.15, 0.2) is 46.9 Å². The second-order valence-corrected chi connectivity index (χ2v) is 4.47. The van der Waals surface area contributed by atoms with Gasteiger partial charge in [0.05, 0.1) is 0 Å². The minimum atomic E-state index is 0.806. The molecule has 2 aromatic rings. The first-order chi connectivity index (χ1) is 7.16. The molecule has 2 N–H and O–H groups in total. The molecule has 0 aliphatic heterocycles. The molecule has 76 valence electrons. The van der Waals surface area contributed by atoms with Crippen LogP contribution in [0.3, 0.4) is 0 Å². The van der Waals surface area contributed by atoms with Crippen LogP contribution in [0, 0.1) is 6.92 Å². The standard InChI is InChI=1S/C13H12BrN/c1-9-6-10(8-11(15)7-9)12-4-2-3-5-13(12)14/h2-8H,15H2,1H3. The maximum absolute atomic E-state index is 5.83. The fourth-order valence-corrected chi connectivity index (χ4v) is 2.18. The highest BCUT2D eigenvalue weighted by molar-refractivity contribution is 9.10. The van der Waals surface area contributed by atoms with Crippen LogP contribution < -0.4 is 5.73 Å². The highest BCUT2D eigenvalue weighted by atomic mass is 79.9. The van der Waals surface area contributed by atoms with Gasteiger partial charge in [-0.15, -0.1) is 0 Å². The first-order valence-corrected chi connectivity index (χ1v) is 5.58. The molecule has 0 aliphatic carbocycles. The Morgan fingerprint density at radius 2 is 1.80 bits per heavy atom. The smallest absolute Gasteiger partial charge is 0.0322 e. The Kier molecular flexibility index (Phi) is 2.78. The van der Waals surface area contributed by atoms with E-state index in [9.17, 15) is 0 Å². The van der Waals surface area contributed by atoms with E-state index in [0.29, 0.717) is 0 Å². The number of rotatable bonds is 1. The van der Waals surface area contributed by atoms with Crippen molar-refractivity contribution < 1.29 is 0 Å². The van der Waals surface area contributed by atoms with E-state index in [4.69, 9.17) is 5.73 Å². The van der Waals surface area contributed by atoms with Crippen molar-refractivity contribution in [3.05, 3.63) is 52.5 Å². The van der Waals surface area contributed by atoms with Crippen LogP contribution in [0.25, 0.3) is 11.1 Å². The van der Waals surface area contributed by atoms with Crippen LogP contribution in [0.2, 0.25) is 0 Å². The molecule has 0 saturated carbocycles. The lowest BCUT2D eigenvalue weighted by Crippen LogP contribution is -1.88. The number of hydrogen-bond acceptors (Lipinski definition) is 1. The van der Waals surface area contributed by atoms with E-state index in [2.05, 4.69) is 35.0 Å². The van der Waals surface area contributed by atoms with Crippen LogP contribution in [0.4, 0.5) is 5.69 Å². The zero-order chi connectivity index (χ0) is 10.8. The zero-order valence-electron chi connectivity index (χ0n) is 8.50. The molecule has 0 fully saturated rings. The van der Waals surface area contributed by atoms with Crippen molar-refractivity contribution in [2.45, 2.75) is 6.92 Å². The number of hydrogen-bond donors (Lipinski definition) is 1. The minimum Gasteiger partial charge on any atom is -0.399 e. The number of benzene rings is 2. The normalized spacial score (nSPS) is 10.3. The third-order valence-electron chi connectivity index (χ3n) is 2.28. The van der Waals surface area contributed by atoms with Crippen LogP contribution in [0.1, 0.15) is 5.56 Å². The Morgan fingerprint density at radius 1 is 1.07 bits per heavy atom. The molecule has 15 heavy (non-hydrogen) atoms. The summed E-state index contributed by atoms with van der Waals surface area (Å²) in [4.78, 5) is 0. The van der Waals surface area contributed by atoms with E-state index in [1.54, 1.807) is 0 Å². The molecule has 1 nitrogen and oxygen atoms in total. The summed E-state index contributed by atoms with van der Waals surface area (Å²) in [5.41, 5.74) is 10.1. The summed E-state index contributed by atoms with van der Waals surface area (Å²) in [5.74, 6) is 0. The molecule has 0 saturated heterocycles. The quantitative estimate of drug-likeness (QED) is 0.772. The lowest BCUT2D eigenvalue weighted by atomic mass is 10.0. The van der Waals surface area contributed by atoms with Gasteiger partial charge in [-0.25, -0.2) is 0 Å². The average Bonchev–Trinajstić information content (AvgIpc) is 2.16. The van der Waals surface area contributed by atoms with Gasteiger partial charge in [0.15, 0.2) is 0 Å². The molecular formula is C13H12BrN. The summed E-state index contributed by atoms with van der Waals surface area (Å²) < 4.78 is 1.09. The molecule has 0 radical (unpaired) electrons. The highest BCUT2D eigenvalue weighted by Crippen LogP contribution is 2.29. The summed E-state index contributed by atoms with van der Waals surface area (Å²) in [5, 5.41) is 0. The van der Waals surface area contributed by atoms with Crippen LogP contribution in [0.5, 0.6) is 0 Å². The largest absolute Gasteiger partial charge is 0.399 e. The predicted molar refractivity (Wildman–Crippen MR) is 68.7 cm³/mol. The third-order valence-corrected chi connectivity index (χ3v) is 2.98. The van der Waals surface area contributed by atoms with Gasteiger partial charge in [0.1, 0.15) is 0 Å². The molecule has 0 aromatic heterocycles. The number of aryl methyl sites for hydroxylation is 1. The first kappa shape index (κ1) is 10.2. The second kappa shape index (κ2) is 4.07. The summed E-state index contributed by atoms with van der Waals surface area (Å²) in [6.07, 6.45) is 0. The van der Waals surface area contributed by atoms with Crippen molar-refractivity contribution in [2.24, 2.45) is 0 Å². The van der Waals surface area contributed by atoms with E-state index in [1.807, 2.05) is 30.3 Å². The summed E-state index contributed by atoms with van der Waals surface area (Å²) >= 11 is 3.54. The fraction of sp³-hybridized carbons (Fsp3) is 0.0769. The van der Waals surface area contributed by atoms with Crippen molar-refractivity contribution in [3.8, 4) is 11.1 Å². The topological polar surface area (TPSA) is 26.0 Å². The Labute approximate surface area is 98.1 Å². The van der Waals surface area contributed by atoms with Crippen molar-refractivity contribution in [1.82, 2.24) is 0 Å². The van der Waals surface area contributed by atoms with Gasteiger partial charge in [-0.1, -0.05) is 40.2 Å². The van der Waals surface area contributed by atoms with Crippen LogP contribution in [-0.2, 0) is 0 Å². The van der Waals surface area contributed by atoms with Gasteiger partial charge in [0, 0.05) is 10.2 Å². The lowest BCUT2D eigenvalue weighted by Gasteiger charge is -2.06. The number of nitrogen functional groups attached to an aromatic ring is 1. The van der Waals surface area contributed by atoms with Crippen molar-refractivity contribution in [2.75, 3.05) is 5.73 Å². The minimum absolute atomic E-state index is 0.806. The molecular weight excluding hydrogens is 250 g/mol. The monoisotopic (exact) mass is 261 g/mol. The lowest BCUT2D eigenvalue weighted by molar-refractivity contribution is 1.46. The van der Waals surface area contributed by atoms with Crippen molar-refractivity contribution in [1.29, 1.82) is 0 Å². The Bertz CT molecular complexity index is 471. The number of halogens is 1. The first-order valence-electron chi connectivity index (χ1n) is 4.79. The highest BCUT2D eigenvalue weighted by Gasteiger charge is 2.03. The van der Waals surface area contributed by atoms with Gasteiger partial charge in [0.25, 0.3) is 0 Å². The van der Waals surface area contributed by atoms with Crippen molar-refractivity contribution >= 4 is 21.6 Å². The predicted octanol–water partition coefficient (Wildman–Crippen LogP) is 4.01. The second-order valence-electron chi connectivity index (χ2n) is 3.61. The molecule has 0 spiro atoms. The Hall–Kier alpha value is -1.28. The van der Waals surface area contributed by atoms with Gasteiger partial charge < -0.3 is 5.73 Å². The van der Waals surface area contributed by atoms with Gasteiger partial charge in [-0.2, -0.15) is 0 Å². The fourth-order valence-electron chi connectivity index (χ4n) is 1.66. The van der Waals surface area contributed by atoms with Gasteiger partial charge in [0.2, 0.25) is 0 Å². The van der Waals surface area contributed by atoms with Crippen molar-refractivity contribution in [3.63, 3.8) is 0 Å². The van der Waals surface area contributed by atoms with Gasteiger partial charge in [-0.3, -0.25) is 0 Å². The molecule has 0 bridgehead atoms. The van der Waals surface area contributed by atoms with Gasteiger partial charge in [-0.05, 0) is 41.8 Å². The molecule has 2 heteroatoms. The maximum Gasteiger partial charge on any atom is 0.0322 e. The van der Waals surface area contributed by atoms with Gasteiger partial charge >= 0.3 is 0 Å². The summed E-state index contributed by atoms with van der Waals surface area (Å²) in [7, 11) is 0. The Morgan fingerprint density at radius 3 is 2.47 bits per heavy atom. The van der Waals surface area contributed by atoms with Crippen LogP contribution >= 0.6 is 15.9 Å². The molecule has 0 aliphatic rings. The van der Waals surface area contributed by atoms with Crippen LogP contribution in [-0.4, -0.2) is 0 Å². The van der Waals surface area contributed by atoms with E-state index in [1.165, 1.54) is 11.1 Å². The SMILES string of the molecule is Cc1cc(N)cc(-c2ccccc2Br)c1.